The summed E-state index contributed by atoms with van der Waals surface area (Å²) in [6.07, 6.45) is 7.33. The summed E-state index contributed by atoms with van der Waals surface area (Å²) in [7, 11) is 0. The van der Waals surface area contributed by atoms with E-state index < -0.39 is 0 Å². The fourth-order valence-corrected chi connectivity index (χ4v) is 2.05. The molecule has 1 heterocycles. The second-order valence-electron chi connectivity index (χ2n) is 4.00. The topological polar surface area (TPSA) is 37.8 Å². The molecule has 0 amide bonds. The molecule has 1 saturated carbocycles. The summed E-state index contributed by atoms with van der Waals surface area (Å²) in [5.74, 6) is 0.895. The summed E-state index contributed by atoms with van der Waals surface area (Å²) >= 11 is 0. The predicted molar refractivity (Wildman–Crippen MR) is 55.7 cm³/mol. The molecule has 2 rings (SSSR count). The van der Waals surface area contributed by atoms with E-state index in [1.165, 1.54) is 25.7 Å². The monoisotopic (exact) mass is 191 g/mol. The van der Waals surface area contributed by atoms with Gasteiger partial charge in [0.2, 0.25) is 0 Å². The quantitative estimate of drug-likeness (QED) is 0.788. The van der Waals surface area contributed by atoms with Crippen LogP contribution in [0.15, 0.2) is 18.3 Å². The Morgan fingerprint density at radius 3 is 2.93 bits per heavy atom. The number of rotatable bonds is 4. The molecule has 76 valence electrons. The molecule has 0 radical (unpaired) electrons. The van der Waals surface area contributed by atoms with Crippen molar-refractivity contribution in [3.8, 4) is 0 Å². The van der Waals surface area contributed by atoms with Gasteiger partial charge < -0.3 is 5.32 Å². The van der Waals surface area contributed by atoms with Crippen molar-refractivity contribution in [1.82, 2.24) is 15.5 Å². The molecule has 1 aromatic heterocycles. The van der Waals surface area contributed by atoms with Crippen molar-refractivity contribution in [2.45, 2.75) is 32.2 Å². The van der Waals surface area contributed by atoms with Gasteiger partial charge in [0.15, 0.2) is 0 Å². The Kier molecular flexibility index (Phi) is 3.46. The van der Waals surface area contributed by atoms with Crippen LogP contribution in [0, 0.1) is 5.92 Å². The van der Waals surface area contributed by atoms with Crippen LogP contribution in [-0.2, 0) is 6.54 Å². The third-order valence-electron chi connectivity index (χ3n) is 2.84. The lowest BCUT2D eigenvalue weighted by molar-refractivity contribution is 0.486. The van der Waals surface area contributed by atoms with Crippen molar-refractivity contribution >= 4 is 0 Å². The van der Waals surface area contributed by atoms with E-state index in [4.69, 9.17) is 0 Å². The second kappa shape index (κ2) is 5.05. The zero-order valence-electron chi connectivity index (χ0n) is 8.45. The van der Waals surface area contributed by atoms with Gasteiger partial charge in [-0.3, -0.25) is 0 Å². The minimum atomic E-state index is 0.852. The van der Waals surface area contributed by atoms with Crippen LogP contribution in [-0.4, -0.2) is 16.7 Å². The first-order valence-electron chi connectivity index (χ1n) is 5.42. The predicted octanol–water partition coefficient (Wildman–Crippen LogP) is 1.76. The van der Waals surface area contributed by atoms with E-state index in [1.54, 1.807) is 6.20 Å². The van der Waals surface area contributed by atoms with Crippen LogP contribution in [0.4, 0.5) is 0 Å². The standard InChI is InChI=1S/C11H17N3/c1-2-5-10(4-1)8-12-9-11-6-3-7-13-14-11/h3,6-7,10,12H,1-2,4-5,8-9H2. The molecule has 1 aliphatic carbocycles. The lowest BCUT2D eigenvalue weighted by atomic mass is 10.1. The molecule has 0 spiro atoms. The Labute approximate surface area is 84.9 Å². The first-order valence-corrected chi connectivity index (χ1v) is 5.42. The van der Waals surface area contributed by atoms with E-state index in [2.05, 4.69) is 15.5 Å². The van der Waals surface area contributed by atoms with Crippen molar-refractivity contribution in [1.29, 1.82) is 0 Å². The third-order valence-corrected chi connectivity index (χ3v) is 2.84. The molecule has 0 aromatic carbocycles. The van der Waals surface area contributed by atoms with Crippen LogP contribution >= 0.6 is 0 Å². The third kappa shape index (κ3) is 2.77. The minimum Gasteiger partial charge on any atom is -0.311 e. The number of hydrogen-bond acceptors (Lipinski definition) is 3. The lowest BCUT2D eigenvalue weighted by Gasteiger charge is -2.09. The first-order chi connectivity index (χ1) is 6.95. The molecule has 0 bridgehead atoms. The van der Waals surface area contributed by atoms with Crippen LogP contribution in [0.25, 0.3) is 0 Å². The summed E-state index contributed by atoms with van der Waals surface area (Å²) in [5.41, 5.74) is 1.03. The first kappa shape index (κ1) is 9.59. The number of nitrogens with one attached hydrogen (secondary N) is 1. The van der Waals surface area contributed by atoms with E-state index >= 15 is 0 Å². The van der Waals surface area contributed by atoms with E-state index in [0.29, 0.717) is 0 Å². The maximum Gasteiger partial charge on any atom is 0.0768 e. The van der Waals surface area contributed by atoms with Crippen molar-refractivity contribution in [3.63, 3.8) is 0 Å². The van der Waals surface area contributed by atoms with Gasteiger partial charge in [-0.25, -0.2) is 0 Å². The van der Waals surface area contributed by atoms with Crippen LogP contribution < -0.4 is 5.32 Å². The zero-order valence-corrected chi connectivity index (χ0v) is 8.45. The van der Waals surface area contributed by atoms with Gasteiger partial charge >= 0.3 is 0 Å². The average Bonchev–Trinajstić information content (AvgIpc) is 2.72. The number of aromatic nitrogens is 2. The summed E-state index contributed by atoms with van der Waals surface area (Å²) in [6, 6.07) is 3.94. The molecule has 1 fully saturated rings. The Morgan fingerprint density at radius 2 is 2.21 bits per heavy atom. The maximum absolute atomic E-state index is 4.03. The highest BCUT2D eigenvalue weighted by atomic mass is 15.1. The average molecular weight is 191 g/mol. The highest BCUT2D eigenvalue weighted by molar-refractivity contribution is 4.98. The molecule has 0 aliphatic heterocycles. The van der Waals surface area contributed by atoms with Crippen LogP contribution in [0.5, 0.6) is 0 Å². The van der Waals surface area contributed by atoms with E-state index in [-0.39, 0.29) is 0 Å². The van der Waals surface area contributed by atoms with Gasteiger partial charge in [-0.05, 0) is 37.4 Å². The largest absolute Gasteiger partial charge is 0.311 e. The van der Waals surface area contributed by atoms with Gasteiger partial charge in [-0.15, -0.1) is 0 Å². The molecule has 3 nitrogen and oxygen atoms in total. The molecule has 0 atom stereocenters. The summed E-state index contributed by atoms with van der Waals surface area (Å²) in [5, 5.41) is 11.3. The summed E-state index contributed by atoms with van der Waals surface area (Å²) in [4.78, 5) is 0. The van der Waals surface area contributed by atoms with E-state index in [9.17, 15) is 0 Å². The van der Waals surface area contributed by atoms with Gasteiger partial charge in [0.25, 0.3) is 0 Å². The van der Waals surface area contributed by atoms with Crippen LogP contribution in [0.1, 0.15) is 31.4 Å². The molecule has 3 heteroatoms. The zero-order chi connectivity index (χ0) is 9.64. The Morgan fingerprint density at radius 1 is 1.36 bits per heavy atom. The summed E-state index contributed by atoms with van der Waals surface area (Å²) < 4.78 is 0. The lowest BCUT2D eigenvalue weighted by Crippen LogP contribution is -2.21. The van der Waals surface area contributed by atoms with Gasteiger partial charge in [0, 0.05) is 12.7 Å². The van der Waals surface area contributed by atoms with Crippen molar-refractivity contribution in [3.05, 3.63) is 24.0 Å². The molecular weight excluding hydrogens is 174 g/mol. The van der Waals surface area contributed by atoms with Crippen molar-refractivity contribution in [2.24, 2.45) is 5.92 Å². The highest BCUT2D eigenvalue weighted by Gasteiger charge is 2.13. The Bertz CT molecular complexity index is 254. The fourth-order valence-electron chi connectivity index (χ4n) is 2.05. The molecule has 1 aliphatic rings. The second-order valence-corrected chi connectivity index (χ2v) is 4.00. The molecular formula is C11H17N3. The summed E-state index contributed by atoms with van der Waals surface area (Å²) in [6.45, 7) is 1.99. The van der Waals surface area contributed by atoms with Crippen LogP contribution in [0.2, 0.25) is 0 Å². The van der Waals surface area contributed by atoms with Gasteiger partial charge in [-0.2, -0.15) is 10.2 Å². The van der Waals surface area contributed by atoms with Crippen molar-refractivity contribution in [2.75, 3.05) is 6.54 Å². The SMILES string of the molecule is c1cnnc(CNCC2CCCC2)c1. The molecule has 1 N–H and O–H groups in total. The molecule has 0 saturated heterocycles. The fraction of sp³-hybridized carbons (Fsp3) is 0.636. The van der Waals surface area contributed by atoms with Gasteiger partial charge in [0.05, 0.1) is 5.69 Å². The van der Waals surface area contributed by atoms with E-state index in [0.717, 1.165) is 24.7 Å². The highest BCUT2D eigenvalue weighted by Crippen LogP contribution is 2.23. The molecule has 14 heavy (non-hydrogen) atoms. The van der Waals surface area contributed by atoms with Crippen LogP contribution in [0.3, 0.4) is 0 Å². The van der Waals surface area contributed by atoms with Gasteiger partial charge in [-0.1, -0.05) is 12.8 Å². The van der Waals surface area contributed by atoms with Crippen molar-refractivity contribution < 1.29 is 0 Å². The number of hydrogen-bond donors (Lipinski definition) is 1. The number of nitrogens with zero attached hydrogens (tertiary/aromatic N) is 2. The van der Waals surface area contributed by atoms with E-state index in [1.807, 2.05) is 12.1 Å². The Hall–Kier alpha value is -0.960. The maximum atomic E-state index is 4.03. The molecule has 1 aromatic rings. The normalized spacial score (nSPS) is 17.4. The van der Waals surface area contributed by atoms with Gasteiger partial charge in [0.1, 0.15) is 0 Å². The Balaban J connectivity index is 1.67. The smallest absolute Gasteiger partial charge is 0.0768 e. The minimum absolute atomic E-state index is 0.852. The molecule has 0 unspecified atom stereocenters.